The maximum Gasteiger partial charge on any atom is 0.179 e. The molecule has 0 radical (unpaired) electrons. The number of hydrogen-bond acceptors (Lipinski definition) is 3. The van der Waals surface area contributed by atoms with E-state index in [1.165, 1.54) is 12.8 Å². The van der Waals surface area contributed by atoms with Crippen LogP contribution in [-0.4, -0.2) is 43.4 Å². The van der Waals surface area contributed by atoms with Gasteiger partial charge in [0.05, 0.1) is 6.04 Å². The maximum atomic E-state index is 12.5. The van der Waals surface area contributed by atoms with E-state index in [0.717, 1.165) is 25.2 Å². The van der Waals surface area contributed by atoms with Gasteiger partial charge in [0.25, 0.3) is 0 Å². The zero-order valence-corrected chi connectivity index (χ0v) is 11.9. The Labute approximate surface area is 116 Å². The summed E-state index contributed by atoms with van der Waals surface area (Å²) in [5, 5.41) is 3.25. The summed E-state index contributed by atoms with van der Waals surface area (Å²) in [6.45, 7) is 5.15. The molecule has 2 atom stereocenters. The molecular weight excluding hydrogens is 236 g/mol. The van der Waals surface area contributed by atoms with Gasteiger partial charge >= 0.3 is 0 Å². The molecule has 3 nitrogen and oxygen atoms in total. The van der Waals surface area contributed by atoms with Crippen LogP contribution in [0.15, 0.2) is 30.3 Å². The molecule has 0 bridgehead atoms. The number of ketones is 1. The number of nitrogens with one attached hydrogen (secondary N) is 1. The first kappa shape index (κ1) is 14.2. The lowest BCUT2D eigenvalue weighted by Crippen LogP contribution is -2.46. The zero-order chi connectivity index (χ0) is 13.7. The Morgan fingerprint density at radius 1 is 1.42 bits per heavy atom. The number of benzene rings is 1. The van der Waals surface area contributed by atoms with Crippen LogP contribution in [0, 0.1) is 5.92 Å². The van der Waals surface area contributed by atoms with Crippen LogP contribution in [0.2, 0.25) is 0 Å². The molecule has 1 fully saturated rings. The largest absolute Gasteiger partial charge is 0.319 e. The molecule has 1 aromatic rings. The first-order valence-corrected chi connectivity index (χ1v) is 7.20. The summed E-state index contributed by atoms with van der Waals surface area (Å²) in [7, 11) is 2.00. The maximum absolute atomic E-state index is 12.5. The summed E-state index contributed by atoms with van der Waals surface area (Å²) in [5.41, 5.74) is 0.825. The smallest absolute Gasteiger partial charge is 0.179 e. The van der Waals surface area contributed by atoms with Crippen molar-refractivity contribution in [3.05, 3.63) is 35.9 Å². The van der Waals surface area contributed by atoms with Gasteiger partial charge in [0.1, 0.15) is 0 Å². The summed E-state index contributed by atoms with van der Waals surface area (Å²) in [6, 6.07) is 9.62. The normalized spacial score (nSPS) is 22.1. The van der Waals surface area contributed by atoms with Crippen LogP contribution in [-0.2, 0) is 0 Å². The molecule has 0 saturated carbocycles. The molecule has 1 heterocycles. The lowest BCUT2D eigenvalue weighted by atomic mass is 9.95. The van der Waals surface area contributed by atoms with Crippen LogP contribution < -0.4 is 5.32 Å². The van der Waals surface area contributed by atoms with Gasteiger partial charge in [-0.05, 0) is 45.8 Å². The third-order valence-corrected chi connectivity index (χ3v) is 4.03. The summed E-state index contributed by atoms with van der Waals surface area (Å²) in [5.74, 6) is 0.912. The highest BCUT2D eigenvalue weighted by Gasteiger charge is 2.27. The molecule has 104 valence electrons. The van der Waals surface area contributed by atoms with Crippen LogP contribution in [0.4, 0.5) is 0 Å². The third-order valence-electron chi connectivity index (χ3n) is 4.03. The van der Waals surface area contributed by atoms with E-state index in [2.05, 4.69) is 10.2 Å². The second-order valence-corrected chi connectivity index (χ2v) is 5.47. The van der Waals surface area contributed by atoms with Crippen LogP contribution in [0.25, 0.3) is 0 Å². The van der Waals surface area contributed by atoms with E-state index < -0.39 is 0 Å². The van der Waals surface area contributed by atoms with Crippen molar-refractivity contribution >= 4 is 5.78 Å². The Bertz CT molecular complexity index is 402. The van der Waals surface area contributed by atoms with E-state index in [1.807, 2.05) is 44.3 Å². The molecule has 1 saturated heterocycles. The van der Waals surface area contributed by atoms with Crippen molar-refractivity contribution in [3.63, 3.8) is 0 Å². The molecule has 1 aliphatic rings. The first-order valence-electron chi connectivity index (χ1n) is 7.20. The number of Topliss-reactive ketones (excluding diaryl/α,β-unsaturated/α-hetero) is 1. The number of hydrogen-bond donors (Lipinski definition) is 1. The topological polar surface area (TPSA) is 32.3 Å². The summed E-state index contributed by atoms with van der Waals surface area (Å²) >= 11 is 0. The predicted octanol–water partition coefficient (Wildman–Crippen LogP) is 2.19. The van der Waals surface area contributed by atoms with Crippen LogP contribution in [0.5, 0.6) is 0 Å². The predicted molar refractivity (Wildman–Crippen MR) is 78.5 cm³/mol. The minimum atomic E-state index is -0.0120. The molecule has 0 aliphatic carbocycles. The lowest BCUT2D eigenvalue weighted by molar-refractivity contribution is 0.0753. The monoisotopic (exact) mass is 260 g/mol. The van der Waals surface area contributed by atoms with Gasteiger partial charge in [0, 0.05) is 12.1 Å². The third kappa shape index (κ3) is 3.64. The quantitative estimate of drug-likeness (QED) is 0.824. The average Bonchev–Trinajstić information content (AvgIpc) is 2.47. The fraction of sp³-hybridized carbons (Fsp3) is 0.562. The zero-order valence-electron chi connectivity index (χ0n) is 11.9. The SMILES string of the molecule is CNCC1CCCN(C(C)C(=O)c2ccccc2)C1. The Morgan fingerprint density at radius 2 is 2.16 bits per heavy atom. The van der Waals surface area contributed by atoms with Gasteiger partial charge in [0.15, 0.2) is 5.78 Å². The van der Waals surface area contributed by atoms with Crippen molar-refractivity contribution in [2.75, 3.05) is 26.7 Å². The van der Waals surface area contributed by atoms with Gasteiger partial charge in [-0.1, -0.05) is 30.3 Å². The van der Waals surface area contributed by atoms with Crippen molar-refractivity contribution in [1.29, 1.82) is 0 Å². The van der Waals surface area contributed by atoms with Crippen molar-refractivity contribution in [3.8, 4) is 0 Å². The van der Waals surface area contributed by atoms with Gasteiger partial charge in [0.2, 0.25) is 0 Å². The van der Waals surface area contributed by atoms with E-state index in [-0.39, 0.29) is 11.8 Å². The van der Waals surface area contributed by atoms with Gasteiger partial charge in [-0.2, -0.15) is 0 Å². The molecule has 3 heteroatoms. The number of carbonyl (C=O) groups is 1. The van der Waals surface area contributed by atoms with Crippen molar-refractivity contribution < 1.29 is 4.79 Å². The molecule has 1 aromatic carbocycles. The van der Waals surface area contributed by atoms with E-state index in [1.54, 1.807) is 0 Å². The highest BCUT2D eigenvalue weighted by molar-refractivity contribution is 5.99. The minimum absolute atomic E-state index is 0.0120. The Hall–Kier alpha value is -1.19. The summed E-state index contributed by atoms with van der Waals surface area (Å²) < 4.78 is 0. The van der Waals surface area contributed by atoms with Crippen molar-refractivity contribution in [1.82, 2.24) is 10.2 Å². The highest BCUT2D eigenvalue weighted by atomic mass is 16.1. The Morgan fingerprint density at radius 3 is 2.84 bits per heavy atom. The van der Waals surface area contributed by atoms with Crippen LogP contribution >= 0.6 is 0 Å². The molecule has 1 N–H and O–H groups in total. The van der Waals surface area contributed by atoms with E-state index in [0.29, 0.717) is 5.92 Å². The highest BCUT2D eigenvalue weighted by Crippen LogP contribution is 2.19. The molecule has 19 heavy (non-hydrogen) atoms. The molecule has 2 unspecified atom stereocenters. The Kier molecular flexibility index (Phi) is 5.11. The van der Waals surface area contributed by atoms with Crippen LogP contribution in [0.3, 0.4) is 0 Å². The van der Waals surface area contributed by atoms with Gasteiger partial charge in [-0.15, -0.1) is 0 Å². The number of carbonyl (C=O) groups excluding carboxylic acids is 1. The molecule has 2 rings (SSSR count). The van der Waals surface area contributed by atoms with Gasteiger partial charge in [-0.25, -0.2) is 0 Å². The number of piperidine rings is 1. The molecule has 0 amide bonds. The molecular formula is C16H24N2O. The van der Waals surface area contributed by atoms with Gasteiger partial charge in [-0.3, -0.25) is 9.69 Å². The van der Waals surface area contributed by atoms with Crippen molar-refractivity contribution in [2.24, 2.45) is 5.92 Å². The van der Waals surface area contributed by atoms with E-state index >= 15 is 0 Å². The first-order chi connectivity index (χ1) is 9.22. The Balaban J connectivity index is 1.99. The number of likely N-dealkylation sites (tertiary alicyclic amines) is 1. The minimum Gasteiger partial charge on any atom is -0.319 e. The molecule has 0 spiro atoms. The van der Waals surface area contributed by atoms with E-state index in [9.17, 15) is 4.79 Å². The van der Waals surface area contributed by atoms with Crippen molar-refractivity contribution in [2.45, 2.75) is 25.8 Å². The van der Waals surface area contributed by atoms with E-state index in [4.69, 9.17) is 0 Å². The number of nitrogens with zero attached hydrogens (tertiary/aromatic N) is 1. The molecule has 0 aromatic heterocycles. The second kappa shape index (κ2) is 6.83. The summed E-state index contributed by atoms with van der Waals surface area (Å²) in [6.07, 6.45) is 2.46. The number of rotatable bonds is 5. The fourth-order valence-corrected chi connectivity index (χ4v) is 2.91. The van der Waals surface area contributed by atoms with Gasteiger partial charge < -0.3 is 5.32 Å². The second-order valence-electron chi connectivity index (χ2n) is 5.47. The lowest BCUT2D eigenvalue weighted by Gasteiger charge is -2.36. The average molecular weight is 260 g/mol. The standard InChI is InChI=1S/C16H24N2O/c1-13(16(19)15-8-4-3-5-9-15)18-10-6-7-14(12-18)11-17-2/h3-5,8-9,13-14,17H,6-7,10-12H2,1-2H3. The van der Waals surface area contributed by atoms with Crippen LogP contribution in [0.1, 0.15) is 30.1 Å². The fourth-order valence-electron chi connectivity index (χ4n) is 2.91. The molecule has 1 aliphatic heterocycles. The summed E-state index contributed by atoms with van der Waals surface area (Å²) in [4.78, 5) is 14.8.